The van der Waals surface area contributed by atoms with E-state index < -0.39 is 17.9 Å². The lowest BCUT2D eigenvalue weighted by atomic mass is 10.1. The fraction of sp³-hybridized carbons (Fsp3) is 0.700. The number of hydrogen-bond donors (Lipinski definition) is 3. The number of nitrogens with one attached hydrogen (secondary N) is 1. The van der Waals surface area contributed by atoms with Gasteiger partial charge >= 0.3 is 12.0 Å². The van der Waals surface area contributed by atoms with E-state index in [9.17, 15) is 14.4 Å². The summed E-state index contributed by atoms with van der Waals surface area (Å²) in [4.78, 5) is 34.2. The normalized spacial score (nSPS) is 20.1. The highest BCUT2D eigenvalue weighted by Crippen LogP contribution is 2.19. The number of imide groups is 1. The van der Waals surface area contributed by atoms with Gasteiger partial charge in [0, 0.05) is 19.0 Å². The van der Waals surface area contributed by atoms with Crippen molar-refractivity contribution in [1.29, 1.82) is 0 Å². The zero-order valence-electron chi connectivity index (χ0n) is 9.52. The second-order valence-corrected chi connectivity index (χ2v) is 4.09. The summed E-state index contributed by atoms with van der Waals surface area (Å²) in [5.41, 5.74) is 4.81. The van der Waals surface area contributed by atoms with Crippen LogP contribution < -0.4 is 11.1 Å². The van der Waals surface area contributed by atoms with Crippen molar-refractivity contribution in [3.8, 4) is 0 Å². The third-order valence-corrected chi connectivity index (χ3v) is 2.80. The molecule has 1 atom stereocenters. The monoisotopic (exact) mass is 243 g/mol. The van der Waals surface area contributed by atoms with Gasteiger partial charge in [-0.1, -0.05) is 0 Å². The molecule has 0 bridgehead atoms. The zero-order chi connectivity index (χ0) is 12.8. The Morgan fingerprint density at radius 2 is 2.12 bits per heavy atom. The number of primary amides is 1. The number of rotatable bonds is 5. The van der Waals surface area contributed by atoms with Gasteiger partial charge in [-0.05, 0) is 19.4 Å². The molecule has 1 heterocycles. The number of nitrogens with zero attached hydrogens (tertiary/aromatic N) is 1. The van der Waals surface area contributed by atoms with Crippen LogP contribution in [0.5, 0.6) is 0 Å². The average molecular weight is 243 g/mol. The number of aliphatic carboxylic acids is 1. The largest absolute Gasteiger partial charge is 0.481 e. The predicted molar refractivity (Wildman–Crippen MR) is 59.2 cm³/mol. The van der Waals surface area contributed by atoms with E-state index >= 15 is 0 Å². The Kier molecular flexibility index (Phi) is 4.89. The minimum Gasteiger partial charge on any atom is -0.481 e. The molecule has 1 fully saturated rings. The Morgan fingerprint density at radius 1 is 1.41 bits per heavy atom. The van der Waals surface area contributed by atoms with E-state index in [0.717, 1.165) is 19.4 Å². The first-order chi connectivity index (χ1) is 7.99. The van der Waals surface area contributed by atoms with Crippen LogP contribution in [-0.2, 0) is 9.59 Å². The van der Waals surface area contributed by atoms with Gasteiger partial charge in [0.2, 0.25) is 5.91 Å². The number of likely N-dealkylation sites (tertiary alicyclic amines) is 1. The Balaban J connectivity index is 2.32. The lowest BCUT2D eigenvalue weighted by Gasteiger charge is -2.22. The van der Waals surface area contributed by atoms with E-state index in [1.807, 2.05) is 10.2 Å². The second kappa shape index (κ2) is 6.19. The van der Waals surface area contributed by atoms with Crippen molar-refractivity contribution in [2.75, 3.05) is 13.1 Å². The summed E-state index contributed by atoms with van der Waals surface area (Å²) in [6.45, 7) is 1.25. The van der Waals surface area contributed by atoms with Gasteiger partial charge in [-0.15, -0.1) is 0 Å². The van der Waals surface area contributed by atoms with Gasteiger partial charge in [0.25, 0.3) is 0 Å². The maximum absolute atomic E-state index is 11.2. The van der Waals surface area contributed by atoms with Gasteiger partial charge < -0.3 is 10.8 Å². The summed E-state index contributed by atoms with van der Waals surface area (Å²) in [5.74, 6) is -1.26. The number of carbonyl (C=O) groups excluding carboxylic acids is 2. The molecule has 1 rings (SSSR count). The molecule has 1 aliphatic heterocycles. The molecule has 0 spiro atoms. The van der Waals surface area contributed by atoms with Crippen LogP contribution in [0.2, 0.25) is 0 Å². The fourth-order valence-electron chi connectivity index (χ4n) is 2.07. The van der Waals surface area contributed by atoms with Gasteiger partial charge in [-0.25, -0.2) is 4.79 Å². The molecular formula is C10H17N3O4. The van der Waals surface area contributed by atoms with Crippen LogP contribution in [0.4, 0.5) is 4.79 Å². The molecule has 0 saturated carbocycles. The van der Waals surface area contributed by atoms with Crippen molar-refractivity contribution < 1.29 is 19.5 Å². The Morgan fingerprint density at radius 3 is 2.71 bits per heavy atom. The molecule has 1 aliphatic rings. The Bertz CT molecular complexity index is 319. The van der Waals surface area contributed by atoms with Crippen LogP contribution in [0.1, 0.15) is 25.7 Å². The van der Waals surface area contributed by atoms with Crippen LogP contribution in [0.25, 0.3) is 0 Å². The minimum atomic E-state index is -0.862. The third-order valence-electron chi connectivity index (χ3n) is 2.80. The Hall–Kier alpha value is -1.63. The molecular weight excluding hydrogens is 226 g/mol. The van der Waals surface area contributed by atoms with Crippen molar-refractivity contribution in [3.63, 3.8) is 0 Å². The molecule has 3 amide bonds. The van der Waals surface area contributed by atoms with Crippen LogP contribution in [0.15, 0.2) is 0 Å². The number of carbonyl (C=O) groups is 3. The molecule has 7 heteroatoms. The van der Waals surface area contributed by atoms with E-state index in [-0.39, 0.29) is 18.9 Å². The standard InChI is InChI=1S/C10H17N3O4/c11-10(17)12-8(14)3-5-13-4-1-2-7(13)6-9(15)16/h7H,1-6H2,(H,15,16)(H3,11,12,14,17). The first-order valence-electron chi connectivity index (χ1n) is 5.54. The Labute approximate surface area is 98.9 Å². The first-order valence-corrected chi connectivity index (χ1v) is 5.54. The van der Waals surface area contributed by atoms with Crippen LogP contribution in [-0.4, -0.2) is 47.0 Å². The van der Waals surface area contributed by atoms with Gasteiger partial charge in [0.1, 0.15) is 0 Å². The quantitative estimate of drug-likeness (QED) is 0.603. The van der Waals surface area contributed by atoms with Gasteiger partial charge in [-0.3, -0.25) is 19.8 Å². The smallest absolute Gasteiger partial charge is 0.318 e. The van der Waals surface area contributed by atoms with Crippen LogP contribution in [0.3, 0.4) is 0 Å². The summed E-state index contributed by atoms with van der Waals surface area (Å²) in [6, 6.07) is -0.868. The molecule has 17 heavy (non-hydrogen) atoms. The van der Waals surface area contributed by atoms with E-state index in [1.165, 1.54) is 0 Å². The molecule has 96 valence electrons. The molecule has 7 nitrogen and oxygen atoms in total. The SMILES string of the molecule is NC(=O)NC(=O)CCN1CCCC1CC(=O)O. The molecule has 0 aromatic rings. The maximum atomic E-state index is 11.2. The van der Waals surface area contributed by atoms with Crippen molar-refractivity contribution >= 4 is 17.9 Å². The fourth-order valence-corrected chi connectivity index (χ4v) is 2.07. The lowest BCUT2D eigenvalue weighted by Crippen LogP contribution is -2.38. The van der Waals surface area contributed by atoms with E-state index in [4.69, 9.17) is 10.8 Å². The van der Waals surface area contributed by atoms with Crippen molar-refractivity contribution in [2.45, 2.75) is 31.7 Å². The average Bonchev–Trinajstić information content (AvgIpc) is 2.60. The van der Waals surface area contributed by atoms with Gasteiger partial charge in [-0.2, -0.15) is 0 Å². The molecule has 0 aromatic carbocycles. The van der Waals surface area contributed by atoms with Crippen LogP contribution in [0, 0.1) is 0 Å². The van der Waals surface area contributed by atoms with E-state index in [2.05, 4.69) is 0 Å². The number of carboxylic acids is 1. The first kappa shape index (κ1) is 13.4. The summed E-state index contributed by atoms with van der Waals surface area (Å²) >= 11 is 0. The number of urea groups is 1. The van der Waals surface area contributed by atoms with Crippen molar-refractivity contribution in [3.05, 3.63) is 0 Å². The number of nitrogens with two attached hydrogens (primary N) is 1. The lowest BCUT2D eigenvalue weighted by molar-refractivity contribution is -0.138. The van der Waals surface area contributed by atoms with Crippen molar-refractivity contribution in [2.24, 2.45) is 5.73 Å². The molecule has 0 aromatic heterocycles. The zero-order valence-corrected chi connectivity index (χ0v) is 9.52. The highest BCUT2D eigenvalue weighted by atomic mass is 16.4. The summed E-state index contributed by atoms with van der Waals surface area (Å²) in [5, 5.41) is 10.7. The van der Waals surface area contributed by atoms with Gasteiger partial charge in [0.15, 0.2) is 0 Å². The minimum absolute atomic E-state index is 0.00567. The molecule has 0 radical (unpaired) electrons. The molecule has 1 saturated heterocycles. The highest BCUT2D eigenvalue weighted by molar-refractivity contribution is 5.93. The summed E-state index contributed by atoms with van der Waals surface area (Å²) < 4.78 is 0. The van der Waals surface area contributed by atoms with Crippen LogP contribution >= 0.6 is 0 Å². The topological polar surface area (TPSA) is 113 Å². The number of amides is 3. The molecule has 1 unspecified atom stereocenters. The number of hydrogen-bond acceptors (Lipinski definition) is 4. The predicted octanol–water partition coefficient (Wildman–Crippen LogP) is -0.490. The van der Waals surface area contributed by atoms with E-state index in [1.54, 1.807) is 0 Å². The molecule has 0 aliphatic carbocycles. The van der Waals surface area contributed by atoms with Gasteiger partial charge in [0.05, 0.1) is 6.42 Å². The van der Waals surface area contributed by atoms with Crippen molar-refractivity contribution in [1.82, 2.24) is 10.2 Å². The van der Waals surface area contributed by atoms with E-state index in [0.29, 0.717) is 6.54 Å². The summed E-state index contributed by atoms with van der Waals surface area (Å²) in [6.07, 6.45) is 2.02. The number of carboxylic acid groups (broad SMARTS) is 1. The third kappa shape index (κ3) is 4.81. The maximum Gasteiger partial charge on any atom is 0.318 e. The highest BCUT2D eigenvalue weighted by Gasteiger charge is 2.26. The molecule has 4 N–H and O–H groups in total. The second-order valence-electron chi connectivity index (χ2n) is 4.09. The summed E-state index contributed by atoms with van der Waals surface area (Å²) in [7, 11) is 0.